The van der Waals surface area contributed by atoms with Gasteiger partial charge in [-0.15, -0.1) is 0 Å². The number of nitrogens with one attached hydrogen (secondary N) is 2. The lowest BCUT2D eigenvalue weighted by atomic mass is 10.1. The highest BCUT2D eigenvalue weighted by Crippen LogP contribution is 2.11. The number of hydrogen-bond donors (Lipinski definition) is 2. The molecule has 9 heteroatoms. The zero-order chi connectivity index (χ0) is 24.1. The van der Waals surface area contributed by atoms with E-state index >= 15 is 0 Å². The Morgan fingerprint density at radius 3 is 2.53 bits per heavy atom. The van der Waals surface area contributed by atoms with Gasteiger partial charge in [0.25, 0.3) is 11.5 Å². The Bertz CT molecular complexity index is 1490. The van der Waals surface area contributed by atoms with E-state index in [0.717, 1.165) is 5.56 Å². The molecule has 2 aromatic heterocycles. The first-order valence-electron chi connectivity index (χ1n) is 10.3. The Morgan fingerprint density at radius 1 is 1.03 bits per heavy atom. The van der Waals surface area contributed by atoms with Crippen LogP contribution in [0.4, 0.5) is 10.1 Å². The second kappa shape index (κ2) is 9.75. The van der Waals surface area contributed by atoms with Gasteiger partial charge in [0, 0.05) is 18.3 Å². The van der Waals surface area contributed by atoms with Crippen molar-refractivity contribution in [3.05, 3.63) is 111 Å². The average molecular weight is 455 g/mol. The fourth-order valence-electron chi connectivity index (χ4n) is 3.31. The third kappa shape index (κ3) is 4.81. The SMILES string of the molecule is N#Cc1ccccc1CNc1cnc2ccc(C(=O)NCC(=O)c3ccc(F)cc3)cn2c1=O. The number of carbonyl (C=O) groups is 2. The van der Waals surface area contributed by atoms with Crippen molar-refractivity contribution in [2.75, 3.05) is 11.9 Å². The highest BCUT2D eigenvalue weighted by atomic mass is 19.1. The van der Waals surface area contributed by atoms with Crippen LogP contribution >= 0.6 is 0 Å². The maximum atomic E-state index is 13.0. The van der Waals surface area contributed by atoms with Crippen molar-refractivity contribution in [3.63, 3.8) is 0 Å². The van der Waals surface area contributed by atoms with Gasteiger partial charge in [-0.3, -0.25) is 18.8 Å². The first-order chi connectivity index (χ1) is 16.5. The van der Waals surface area contributed by atoms with E-state index in [1.165, 1.54) is 53.2 Å². The Labute approximate surface area is 193 Å². The molecule has 0 aliphatic carbocycles. The summed E-state index contributed by atoms with van der Waals surface area (Å²) in [6, 6.07) is 17.2. The minimum atomic E-state index is -0.550. The zero-order valence-corrected chi connectivity index (χ0v) is 17.8. The van der Waals surface area contributed by atoms with Crippen molar-refractivity contribution in [1.82, 2.24) is 14.7 Å². The summed E-state index contributed by atoms with van der Waals surface area (Å²) >= 11 is 0. The molecule has 4 aromatic rings. The normalized spacial score (nSPS) is 10.5. The van der Waals surface area contributed by atoms with Gasteiger partial charge in [-0.05, 0) is 48.0 Å². The fraction of sp³-hybridized carbons (Fsp3) is 0.0800. The molecule has 4 rings (SSSR count). The second-order valence-corrected chi connectivity index (χ2v) is 7.36. The summed E-state index contributed by atoms with van der Waals surface area (Å²) in [5.41, 5.74) is 1.79. The summed E-state index contributed by atoms with van der Waals surface area (Å²) in [4.78, 5) is 41.9. The predicted octanol–water partition coefficient (Wildman–Crippen LogP) is 2.93. The van der Waals surface area contributed by atoms with E-state index in [4.69, 9.17) is 0 Å². The van der Waals surface area contributed by atoms with Gasteiger partial charge in [-0.25, -0.2) is 9.37 Å². The van der Waals surface area contributed by atoms with Crippen LogP contribution in [0.25, 0.3) is 5.65 Å². The molecule has 1 amide bonds. The molecule has 0 saturated heterocycles. The van der Waals surface area contributed by atoms with Crippen molar-refractivity contribution >= 4 is 23.0 Å². The molecule has 0 radical (unpaired) electrons. The topological polar surface area (TPSA) is 116 Å². The third-order valence-electron chi connectivity index (χ3n) is 5.15. The number of fused-ring (bicyclic) bond motifs is 1. The Kier molecular flexibility index (Phi) is 6.41. The van der Waals surface area contributed by atoms with Gasteiger partial charge >= 0.3 is 0 Å². The maximum Gasteiger partial charge on any atom is 0.281 e. The number of carbonyl (C=O) groups excluding carboxylic acids is 2. The molecule has 0 saturated carbocycles. The van der Waals surface area contributed by atoms with E-state index in [1.807, 2.05) is 0 Å². The molecule has 0 aliphatic heterocycles. The van der Waals surface area contributed by atoms with Crippen molar-refractivity contribution in [3.8, 4) is 6.07 Å². The Balaban J connectivity index is 1.50. The van der Waals surface area contributed by atoms with Crippen molar-refractivity contribution in [2.45, 2.75) is 6.54 Å². The highest BCUT2D eigenvalue weighted by Gasteiger charge is 2.13. The van der Waals surface area contributed by atoms with Crippen LogP contribution in [0.15, 0.2) is 77.9 Å². The molecule has 168 valence electrons. The molecule has 0 aliphatic rings. The number of nitrogens with zero attached hydrogens (tertiary/aromatic N) is 3. The first kappa shape index (κ1) is 22.4. The largest absolute Gasteiger partial charge is 0.375 e. The van der Waals surface area contributed by atoms with Crippen molar-refractivity contribution in [2.24, 2.45) is 0 Å². The number of nitriles is 1. The number of benzene rings is 2. The van der Waals surface area contributed by atoms with Gasteiger partial charge in [0.2, 0.25) is 0 Å². The lowest BCUT2D eigenvalue weighted by Crippen LogP contribution is -2.30. The molecular formula is C25H18FN5O3. The molecule has 0 unspecified atom stereocenters. The number of amides is 1. The predicted molar refractivity (Wildman–Crippen MR) is 123 cm³/mol. The van der Waals surface area contributed by atoms with Gasteiger partial charge in [0.1, 0.15) is 17.2 Å². The van der Waals surface area contributed by atoms with Crippen molar-refractivity contribution < 1.29 is 14.0 Å². The summed E-state index contributed by atoms with van der Waals surface area (Å²) in [5.74, 6) is -1.39. The van der Waals surface area contributed by atoms with Crippen molar-refractivity contribution in [1.29, 1.82) is 5.26 Å². The van der Waals surface area contributed by atoms with E-state index in [-0.39, 0.29) is 35.7 Å². The summed E-state index contributed by atoms with van der Waals surface area (Å²) in [7, 11) is 0. The molecule has 2 N–H and O–H groups in total. The molecule has 2 aromatic carbocycles. The van der Waals surface area contributed by atoms with Crippen LogP contribution < -0.4 is 16.2 Å². The summed E-state index contributed by atoms with van der Waals surface area (Å²) in [6.07, 6.45) is 2.74. The van der Waals surface area contributed by atoms with Crippen LogP contribution in [0.2, 0.25) is 0 Å². The van der Waals surface area contributed by atoms with Gasteiger partial charge < -0.3 is 10.6 Å². The lowest BCUT2D eigenvalue weighted by molar-refractivity contribution is 0.0903. The average Bonchev–Trinajstić information content (AvgIpc) is 2.87. The summed E-state index contributed by atoms with van der Waals surface area (Å²) in [5, 5.41) is 14.7. The molecule has 0 fully saturated rings. The molecule has 2 heterocycles. The molecule has 8 nitrogen and oxygen atoms in total. The molecule has 34 heavy (non-hydrogen) atoms. The van der Waals surface area contributed by atoms with Gasteiger partial charge in [-0.2, -0.15) is 5.26 Å². The van der Waals surface area contributed by atoms with E-state index < -0.39 is 17.3 Å². The monoisotopic (exact) mass is 455 g/mol. The standard InChI is InChI=1S/C25H18FN5O3/c26-20-8-5-16(6-9-20)22(32)14-30-24(33)19-7-10-23-29-13-21(25(34)31(23)15-19)28-12-18-4-2-1-3-17(18)11-27/h1-10,13,15,28H,12,14H2,(H,30,33). The summed E-state index contributed by atoms with van der Waals surface area (Å²) in [6.45, 7) is -0.0338. The van der Waals surface area contributed by atoms with Gasteiger partial charge in [0.15, 0.2) is 5.78 Å². The van der Waals surface area contributed by atoms with Crippen LogP contribution in [0.1, 0.15) is 31.8 Å². The number of pyridine rings is 1. The lowest BCUT2D eigenvalue weighted by Gasteiger charge is -2.10. The molecule has 0 bridgehead atoms. The van der Waals surface area contributed by atoms with Gasteiger partial charge in [-0.1, -0.05) is 18.2 Å². The number of ketones is 1. The number of Topliss-reactive ketones (excluding diaryl/α,β-unsaturated/α-hetero) is 1. The number of rotatable bonds is 7. The third-order valence-corrected chi connectivity index (χ3v) is 5.15. The van der Waals surface area contributed by atoms with Crippen LogP contribution in [-0.4, -0.2) is 27.6 Å². The minimum absolute atomic E-state index is 0.162. The Hall–Kier alpha value is -4.84. The Morgan fingerprint density at radius 2 is 1.76 bits per heavy atom. The summed E-state index contributed by atoms with van der Waals surface area (Å²) < 4.78 is 14.2. The maximum absolute atomic E-state index is 13.0. The van der Waals surface area contributed by atoms with Crippen LogP contribution in [0.3, 0.4) is 0 Å². The number of anilines is 1. The zero-order valence-electron chi connectivity index (χ0n) is 17.8. The second-order valence-electron chi connectivity index (χ2n) is 7.36. The first-order valence-corrected chi connectivity index (χ1v) is 10.3. The van der Waals surface area contributed by atoms with E-state index in [9.17, 15) is 24.0 Å². The van der Waals surface area contributed by atoms with E-state index in [0.29, 0.717) is 11.2 Å². The van der Waals surface area contributed by atoms with Crippen LogP contribution in [0, 0.1) is 17.1 Å². The quantitative estimate of drug-likeness (QED) is 0.414. The highest BCUT2D eigenvalue weighted by molar-refractivity contribution is 6.02. The molecular weight excluding hydrogens is 437 g/mol. The minimum Gasteiger partial charge on any atom is -0.375 e. The van der Waals surface area contributed by atoms with E-state index in [1.54, 1.807) is 24.3 Å². The number of hydrogen-bond acceptors (Lipinski definition) is 6. The van der Waals surface area contributed by atoms with Crippen LogP contribution in [0.5, 0.6) is 0 Å². The van der Waals surface area contributed by atoms with Gasteiger partial charge in [0.05, 0.1) is 29.9 Å². The number of aromatic nitrogens is 2. The molecule has 0 spiro atoms. The smallest absolute Gasteiger partial charge is 0.281 e. The molecule has 0 atom stereocenters. The number of halogens is 1. The fourth-order valence-corrected chi connectivity index (χ4v) is 3.31. The van der Waals surface area contributed by atoms with E-state index in [2.05, 4.69) is 21.7 Å². The van der Waals surface area contributed by atoms with Crippen LogP contribution in [-0.2, 0) is 6.54 Å².